The monoisotopic (exact) mass is 577 g/mol. The molecule has 2 aromatic heterocycles. The highest BCUT2D eigenvalue weighted by molar-refractivity contribution is 14.1. The van der Waals surface area contributed by atoms with Gasteiger partial charge in [-0.1, -0.05) is 0 Å². The van der Waals surface area contributed by atoms with E-state index in [1.54, 1.807) is 19.3 Å². The Bertz CT molecular complexity index is 976. The summed E-state index contributed by atoms with van der Waals surface area (Å²) in [5.41, 5.74) is 6.13. The summed E-state index contributed by atoms with van der Waals surface area (Å²) in [5.74, 6) is 0. The van der Waals surface area contributed by atoms with Crippen LogP contribution >= 0.6 is 45.2 Å². The minimum Gasteiger partial charge on any atom is -0.328 e. The van der Waals surface area contributed by atoms with Gasteiger partial charge in [-0.05, 0) is 102 Å². The van der Waals surface area contributed by atoms with E-state index in [1.807, 2.05) is 32.9 Å². The van der Waals surface area contributed by atoms with Crippen LogP contribution in [0.15, 0.2) is 44.4 Å². The molecule has 134 valence electrons. The van der Waals surface area contributed by atoms with Gasteiger partial charge in [-0.25, -0.2) is 0 Å². The molecule has 0 atom stereocenters. The molecule has 3 heterocycles. The lowest BCUT2D eigenvalue weighted by Gasteiger charge is -2.16. The highest BCUT2D eigenvalue weighted by Gasteiger charge is 2.32. The van der Waals surface area contributed by atoms with Crippen LogP contribution in [0.5, 0.6) is 0 Å². The maximum Gasteiger partial charge on any atom is 0.677 e. The highest BCUT2D eigenvalue weighted by atomic mass is 127. The van der Waals surface area contributed by atoms with Gasteiger partial charge in [0.05, 0.1) is 11.4 Å². The Morgan fingerprint density at radius 3 is 2.19 bits per heavy atom. The predicted molar refractivity (Wildman–Crippen MR) is 120 cm³/mol. The molecule has 0 N–H and O–H groups in total. The molecule has 0 fully saturated rings. The van der Waals surface area contributed by atoms with Crippen LogP contribution < -0.4 is 0 Å². The number of nitrogens with zero attached hydrogens (tertiary/aromatic N) is 3. The first-order valence-electron chi connectivity index (χ1n) is 7.98. The van der Waals surface area contributed by atoms with Crippen molar-refractivity contribution in [2.24, 2.45) is 4.99 Å². The third kappa shape index (κ3) is 3.19. The second-order valence-electron chi connectivity index (χ2n) is 6.12. The summed E-state index contributed by atoms with van der Waals surface area (Å²) >= 11 is 4.40. The van der Waals surface area contributed by atoms with E-state index >= 15 is 0 Å². The summed E-state index contributed by atoms with van der Waals surface area (Å²) in [7, 11) is -2.63. The molecule has 3 rings (SSSR count). The summed E-state index contributed by atoms with van der Waals surface area (Å²) in [6, 6.07) is 3.69. The molecule has 2 aromatic rings. The molecule has 0 saturated carbocycles. The molecule has 0 aromatic carbocycles. The highest BCUT2D eigenvalue weighted by Crippen LogP contribution is 2.41. The molecule has 0 spiro atoms. The second kappa shape index (κ2) is 7.53. The van der Waals surface area contributed by atoms with E-state index in [9.17, 15) is 8.63 Å². The molecule has 0 bridgehead atoms. The SMILES string of the molecule is CC1=N/C(=C(/c2ccncc2)c2c(C)c(I)c(C)n2B(F)F)C(C)=C1I. The zero-order chi connectivity index (χ0) is 19.2. The van der Waals surface area contributed by atoms with Gasteiger partial charge in [0.15, 0.2) is 0 Å². The fraction of sp³-hybridized carbons (Fsp3) is 0.222. The smallest absolute Gasteiger partial charge is 0.328 e. The Balaban J connectivity index is 2.46. The first-order chi connectivity index (χ1) is 12.3. The molecule has 0 amide bonds. The summed E-state index contributed by atoms with van der Waals surface area (Å²) in [4.78, 5) is 8.79. The van der Waals surface area contributed by atoms with Gasteiger partial charge in [-0.3, -0.25) is 18.6 Å². The van der Waals surface area contributed by atoms with Crippen molar-refractivity contribution in [2.75, 3.05) is 0 Å². The maximum atomic E-state index is 14.0. The van der Waals surface area contributed by atoms with Crippen LogP contribution in [0.25, 0.3) is 5.57 Å². The van der Waals surface area contributed by atoms with Crippen molar-refractivity contribution in [1.82, 2.24) is 9.46 Å². The average molecular weight is 577 g/mol. The van der Waals surface area contributed by atoms with Gasteiger partial charge in [0.2, 0.25) is 0 Å². The van der Waals surface area contributed by atoms with Gasteiger partial charge in [0, 0.05) is 36.5 Å². The number of hydrogen-bond donors (Lipinski definition) is 0. The largest absolute Gasteiger partial charge is 0.677 e. The summed E-state index contributed by atoms with van der Waals surface area (Å²) in [6.45, 7) is 7.55. The van der Waals surface area contributed by atoms with Crippen LogP contribution in [-0.2, 0) is 0 Å². The van der Waals surface area contributed by atoms with E-state index in [0.717, 1.165) is 45.3 Å². The van der Waals surface area contributed by atoms with Crippen LogP contribution in [0.1, 0.15) is 36.4 Å². The van der Waals surface area contributed by atoms with E-state index in [1.165, 1.54) is 0 Å². The van der Waals surface area contributed by atoms with E-state index in [4.69, 9.17) is 4.99 Å². The zero-order valence-corrected chi connectivity index (χ0v) is 19.1. The summed E-state index contributed by atoms with van der Waals surface area (Å²) < 4.78 is 31.0. The molecule has 3 nitrogen and oxygen atoms in total. The molecular formula is C18H16BF2I2N3. The molecule has 0 aliphatic carbocycles. The van der Waals surface area contributed by atoms with Crippen molar-refractivity contribution in [3.05, 3.63) is 65.5 Å². The average Bonchev–Trinajstić information content (AvgIpc) is 2.99. The number of pyridine rings is 1. The quantitative estimate of drug-likeness (QED) is 0.335. The molecule has 26 heavy (non-hydrogen) atoms. The van der Waals surface area contributed by atoms with E-state index in [0.29, 0.717) is 11.4 Å². The number of halogens is 4. The van der Waals surface area contributed by atoms with Gasteiger partial charge >= 0.3 is 7.40 Å². The van der Waals surface area contributed by atoms with Crippen molar-refractivity contribution >= 4 is 63.9 Å². The van der Waals surface area contributed by atoms with Gasteiger partial charge in [0.25, 0.3) is 0 Å². The molecule has 8 heteroatoms. The lowest BCUT2D eigenvalue weighted by molar-refractivity contribution is 0.623. The molecule has 1 aliphatic rings. The Morgan fingerprint density at radius 2 is 1.69 bits per heavy atom. The summed E-state index contributed by atoms with van der Waals surface area (Å²) in [5, 5.41) is 0. The lowest BCUT2D eigenvalue weighted by Crippen LogP contribution is -2.18. The van der Waals surface area contributed by atoms with Gasteiger partial charge < -0.3 is 4.48 Å². The molecule has 0 unspecified atom stereocenters. The summed E-state index contributed by atoms with van der Waals surface area (Å²) in [6.07, 6.45) is 3.35. The van der Waals surface area contributed by atoms with Crippen LogP contribution in [-0.4, -0.2) is 22.6 Å². The minimum absolute atomic E-state index is 0.519. The zero-order valence-electron chi connectivity index (χ0n) is 14.7. The van der Waals surface area contributed by atoms with Crippen molar-refractivity contribution in [3.63, 3.8) is 0 Å². The molecule has 0 saturated heterocycles. The third-order valence-electron chi connectivity index (χ3n) is 4.52. The normalized spacial score (nSPS) is 16.2. The Morgan fingerprint density at radius 1 is 1.08 bits per heavy atom. The minimum atomic E-state index is -2.63. The van der Waals surface area contributed by atoms with Crippen molar-refractivity contribution in [3.8, 4) is 0 Å². The van der Waals surface area contributed by atoms with Crippen molar-refractivity contribution in [2.45, 2.75) is 27.7 Å². The van der Waals surface area contributed by atoms with Gasteiger partial charge in [-0.15, -0.1) is 0 Å². The Labute approximate surface area is 179 Å². The first kappa shape index (κ1) is 19.7. The second-order valence-corrected chi connectivity index (χ2v) is 8.27. The third-order valence-corrected chi connectivity index (χ3v) is 7.70. The number of aliphatic imine (C=N–C) groups is 1. The predicted octanol–water partition coefficient (Wildman–Crippen LogP) is 5.82. The number of aromatic nitrogens is 2. The van der Waals surface area contributed by atoms with Crippen molar-refractivity contribution < 1.29 is 8.63 Å². The fourth-order valence-electron chi connectivity index (χ4n) is 3.20. The fourth-order valence-corrected chi connectivity index (χ4v) is 4.10. The molecule has 0 radical (unpaired) electrons. The standard InChI is InChI=1S/C18H16BF2I2N3/c1-9-15(22)11(3)25-17(9)14(13-5-7-24-8-6-13)18-10(2)16(23)12(4)26(18)19(20)21/h5-8H,1-4H3/b17-14-. The molecular weight excluding hydrogens is 561 g/mol. The van der Waals surface area contributed by atoms with Gasteiger partial charge in [0.1, 0.15) is 0 Å². The number of hydrogen-bond acceptors (Lipinski definition) is 2. The van der Waals surface area contributed by atoms with Crippen molar-refractivity contribution in [1.29, 1.82) is 0 Å². The van der Waals surface area contributed by atoms with Gasteiger partial charge in [-0.2, -0.15) is 0 Å². The first-order valence-corrected chi connectivity index (χ1v) is 10.1. The van der Waals surface area contributed by atoms with E-state index in [-0.39, 0.29) is 0 Å². The maximum absolute atomic E-state index is 14.0. The van der Waals surface area contributed by atoms with E-state index < -0.39 is 7.40 Å². The lowest BCUT2D eigenvalue weighted by atomic mass is 9.95. The van der Waals surface area contributed by atoms with Crippen LogP contribution in [0, 0.1) is 17.4 Å². The molecule has 1 aliphatic heterocycles. The van der Waals surface area contributed by atoms with Crippen LogP contribution in [0.2, 0.25) is 0 Å². The van der Waals surface area contributed by atoms with E-state index in [2.05, 4.69) is 50.2 Å². The Kier molecular flexibility index (Phi) is 5.71. The Hall–Kier alpha value is -1.04. The van der Waals surface area contributed by atoms with Crippen LogP contribution in [0.3, 0.4) is 0 Å². The number of allylic oxidation sites excluding steroid dienone is 2. The number of rotatable bonds is 3. The topological polar surface area (TPSA) is 30.2 Å². The van der Waals surface area contributed by atoms with Crippen LogP contribution in [0.4, 0.5) is 8.63 Å².